The molecule has 5 heteroatoms. The first kappa shape index (κ1) is 14.9. The molecule has 0 atom stereocenters. The van der Waals surface area contributed by atoms with Crippen LogP contribution in [0.15, 0.2) is 29.1 Å². The molecular formula is C17H22N3O2+. The molecule has 1 fully saturated rings. The van der Waals surface area contributed by atoms with Crippen LogP contribution < -0.4 is 10.5 Å². The molecule has 0 bridgehead atoms. The van der Waals surface area contributed by atoms with Crippen LogP contribution in [0.3, 0.4) is 0 Å². The maximum absolute atomic E-state index is 12.7. The molecule has 2 heterocycles. The molecule has 0 unspecified atom stereocenters. The smallest absolute Gasteiger partial charge is 0.261 e. The second-order valence-electron chi connectivity index (χ2n) is 6.13. The van der Waals surface area contributed by atoms with Crippen molar-refractivity contribution >= 4 is 16.7 Å². The maximum Gasteiger partial charge on any atom is 0.261 e. The lowest BCUT2D eigenvalue weighted by Crippen LogP contribution is -3.11. The van der Waals surface area contributed by atoms with Crippen LogP contribution in [0.2, 0.25) is 0 Å². The summed E-state index contributed by atoms with van der Waals surface area (Å²) in [6.07, 6.45) is 3.73. The molecule has 0 radical (unpaired) electrons. The molecular weight excluding hydrogens is 278 g/mol. The number of rotatable bonds is 4. The van der Waals surface area contributed by atoms with Crippen molar-refractivity contribution < 1.29 is 9.69 Å². The van der Waals surface area contributed by atoms with Crippen molar-refractivity contribution in [2.24, 2.45) is 0 Å². The third-order valence-electron chi connectivity index (χ3n) is 4.29. The van der Waals surface area contributed by atoms with Crippen LogP contribution in [-0.2, 0) is 17.9 Å². The van der Waals surface area contributed by atoms with Gasteiger partial charge < -0.3 is 4.90 Å². The van der Waals surface area contributed by atoms with E-state index in [9.17, 15) is 9.59 Å². The number of carbonyl (C=O) groups excluding carboxylic acids is 1. The first-order valence-corrected chi connectivity index (χ1v) is 7.96. The molecule has 0 amide bonds. The van der Waals surface area contributed by atoms with E-state index in [1.165, 1.54) is 31.1 Å². The van der Waals surface area contributed by atoms with Crippen LogP contribution in [0.5, 0.6) is 0 Å². The van der Waals surface area contributed by atoms with Gasteiger partial charge in [-0.1, -0.05) is 12.1 Å². The summed E-state index contributed by atoms with van der Waals surface area (Å²) in [5.74, 6) is 0.713. The zero-order valence-electron chi connectivity index (χ0n) is 13.0. The number of hydrogen-bond donors (Lipinski definition) is 1. The van der Waals surface area contributed by atoms with Crippen LogP contribution in [-0.4, -0.2) is 28.4 Å². The lowest BCUT2D eigenvalue weighted by atomic mass is 10.1. The first-order valence-electron chi connectivity index (χ1n) is 7.96. The van der Waals surface area contributed by atoms with Crippen LogP contribution in [0, 0.1) is 0 Å². The fraction of sp³-hybridized carbons (Fsp3) is 0.471. The number of likely N-dealkylation sites (tertiary alicyclic amines) is 1. The highest BCUT2D eigenvalue weighted by atomic mass is 16.1. The fourth-order valence-electron chi connectivity index (χ4n) is 3.19. The van der Waals surface area contributed by atoms with E-state index in [4.69, 9.17) is 0 Å². The Morgan fingerprint density at radius 3 is 2.68 bits per heavy atom. The Morgan fingerprint density at radius 1 is 1.23 bits per heavy atom. The number of fused-ring (bicyclic) bond motifs is 1. The number of ketones is 1. The van der Waals surface area contributed by atoms with E-state index in [2.05, 4.69) is 4.98 Å². The highest BCUT2D eigenvalue weighted by Crippen LogP contribution is 2.08. The minimum atomic E-state index is -0.104. The van der Waals surface area contributed by atoms with Crippen molar-refractivity contribution in [3.63, 3.8) is 0 Å². The van der Waals surface area contributed by atoms with Gasteiger partial charge in [0.05, 0.1) is 30.5 Å². The molecule has 0 saturated carbocycles. The van der Waals surface area contributed by atoms with Crippen molar-refractivity contribution in [2.75, 3.05) is 13.1 Å². The predicted molar refractivity (Wildman–Crippen MR) is 84.9 cm³/mol. The van der Waals surface area contributed by atoms with E-state index in [-0.39, 0.29) is 17.9 Å². The molecule has 2 aromatic rings. The molecule has 0 aliphatic carbocycles. The third kappa shape index (κ3) is 3.09. The van der Waals surface area contributed by atoms with Gasteiger partial charge in [0.1, 0.15) is 12.3 Å². The average Bonchev–Trinajstić information content (AvgIpc) is 2.52. The zero-order valence-corrected chi connectivity index (χ0v) is 13.0. The first-order chi connectivity index (χ1) is 10.6. The summed E-state index contributed by atoms with van der Waals surface area (Å²) >= 11 is 0. The quantitative estimate of drug-likeness (QED) is 0.897. The monoisotopic (exact) mass is 300 g/mol. The number of benzene rings is 1. The van der Waals surface area contributed by atoms with Gasteiger partial charge in [-0.3, -0.25) is 14.2 Å². The van der Waals surface area contributed by atoms with E-state index < -0.39 is 0 Å². The summed E-state index contributed by atoms with van der Waals surface area (Å²) in [6, 6.07) is 7.36. The van der Waals surface area contributed by atoms with E-state index in [1.807, 2.05) is 18.2 Å². The van der Waals surface area contributed by atoms with Gasteiger partial charge in [-0.05, 0) is 38.3 Å². The summed E-state index contributed by atoms with van der Waals surface area (Å²) in [5, 5.41) is 0.584. The largest absolute Gasteiger partial charge is 0.329 e. The number of nitrogens with zero attached hydrogens (tertiary/aromatic N) is 2. The molecule has 1 saturated heterocycles. The molecule has 1 aliphatic heterocycles. The Labute approximate surface area is 129 Å². The molecule has 0 spiro atoms. The number of piperidine rings is 1. The van der Waals surface area contributed by atoms with Crippen LogP contribution >= 0.6 is 0 Å². The van der Waals surface area contributed by atoms with Crippen LogP contribution in [0.1, 0.15) is 32.0 Å². The van der Waals surface area contributed by atoms with E-state index in [0.29, 0.717) is 11.9 Å². The topological polar surface area (TPSA) is 56.4 Å². The summed E-state index contributed by atoms with van der Waals surface area (Å²) in [5.41, 5.74) is 0.617. The minimum absolute atomic E-state index is 0.0194. The van der Waals surface area contributed by atoms with Gasteiger partial charge in [0.2, 0.25) is 0 Å². The summed E-state index contributed by atoms with van der Waals surface area (Å²) in [6.45, 7) is 4.57. The maximum atomic E-state index is 12.7. The Balaban J connectivity index is 2.05. The number of nitrogens with one attached hydrogen (secondary N) is 1. The Morgan fingerprint density at radius 2 is 1.95 bits per heavy atom. The van der Waals surface area contributed by atoms with E-state index in [0.717, 1.165) is 24.4 Å². The lowest BCUT2D eigenvalue weighted by molar-refractivity contribution is -0.919. The zero-order chi connectivity index (χ0) is 15.5. The van der Waals surface area contributed by atoms with Crippen molar-refractivity contribution in [1.82, 2.24) is 9.55 Å². The Kier molecular flexibility index (Phi) is 4.34. The van der Waals surface area contributed by atoms with Crippen LogP contribution in [0.4, 0.5) is 0 Å². The summed E-state index contributed by atoms with van der Waals surface area (Å²) in [4.78, 5) is 30.4. The summed E-state index contributed by atoms with van der Waals surface area (Å²) in [7, 11) is 0. The summed E-state index contributed by atoms with van der Waals surface area (Å²) < 4.78 is 1.56. The van der Waals surface area contributed by atoms with Crippen molar-refractivity contribution in [3.8, 4) is 0 Å². The molecule has 5 nitrogen and oxygen atoms in total. The second kappa shape index (κ2) is 6.40. The number of quaternary nitrogens is 1. The van der Waals surface area contributed by atoms with Crippen molar-refractivity contribution in [1.29, 1.82) is 0 Å². The number of aromatic nitrogens is 2. The Bertz CT molecular complexity index is 745. The fourth-order valence-corrected chi connectivity index (χ4v) is 3.19. The van der Waals surface area contributed by atoms with Gasteiger partial charge in [-0.2, -0.15) is 0 Å². The minimum Gasteiger partial charge on any atom is -0.329 e. The predicted octanol–water partition coefficient (Wildman–Crippen LogP) is 0.554. The number of hydrogen-bond acceptors (Lipinski definition) is 3. The molecule has 1 N–H and O–H groups in total. The molecule has 3 rings (SSSR count). The van der Waals surface area contributed by atoms with Crippen LogP contribution in [0.25, 0.3) is 10.9 Å². The average molecular weight is 300 g/mol. The standard InChI is InChI=1S/C17H21N3O2/c1-13(21)11-20-16(12-19-9-5-2-6-10-19)18-15-8-4-3-7-14(15)17(20)22/h3-4,7-8H,2,5-6,9-12H2,1H3/p+1. The van der Waals surface area contributed by atoms with Gasteiger partial charge in [0.15, 0.2) is 5.82 Å². The normalized spacial score (nSPS) is 16.0. The highest BCUT2D eigenvalue weighted by molar-refractivity contribution is 5.79. The molecule has 1 aliphatic rings. The van der Waals surface area contributed by atoms with Gasteiger partial charge in [0.25, 0.3) is 5.56 Å². The van der Waals surface area contributed by atoms with Crippen molar-refractivity contribution in [3.05, 3.63) is 40.4 Å². The van der Waals surface area contributed by atoms with Gasteiger partial charge >= 0.3 is 0 Å². The number of para-hydroxylation sites is 1. The lowest BCUT2D eigenvalue weighted by Gasteiger charge is -2.24. The van der Waals surface area contributed by atoms with Crippen molar-refractivity contribution in [2.45, 2.75) is 39.3 Å². The van der Waals surface area contributed by atoms with E-state index in [1.54, 1.807) is 10.6 Å². The molecule has 22 heavy (non-hydrogen) atoms. The van der Waals surface area contributed by atoms with E-state index >= 15 is 0 Å². The second-order valence-corrected chi connectivity index (χ2v) is 6.13. The van der Waals surface area contributed by atoms with Gasteiger partial charge in [-0.25, -0.2) is 4.98 Å². The van der Waals surface area contributed by atoms with Gasteiger partial charge in [0, 0.05) is 0 Å². The van der Waals surface area contributed by atoms with Gasteiger partial charge in [-0.15, -0.1) is 0 Å². The molecule has 116 valence electrons. The highest BCUT2D eigenvalue weighted by Gasteiger charge is 2.19. The molecule has 1 aromatic carbocycles. The number of carbonyl (C=O) groups is 1. The molecule has 1 aromatic heterocycles. The Hall–Kier alpha value is -2.01. The third-order valence-corrected chi connectivity index (χ3v) is 4.29. The number of Topliss-reactive ketones (excluding diaryl/α,β-unsaturated/α-hetero) is 1. The SMILES string of the molecule is CC(=O)Cn1c(C[NH+]2CCCCC2)nc2ccccc2c1=O.